The third kappa shape index (κ3) is 7.80. The van der Waals surface area contributed by atoms with Crippen LogP contribution in [-0.4, -0.2) is 31.1 Å². The lowest BCUT2D eigenvalue weighted by Crippen LogP contribution is -2.12. The summed E-state index contributed by atoms with van der Waals surface area (Å²) in [6.07, 6.45) is 3.41. The summed E-state index contributed by atoms with van der Waals surface area (Å²) in [6, 6.07) is 17.2. The van der Waals surface area contributed by atoms with E-state index in [4.69, 9.17) is 18.9 Å². The highest BCUT2D eigenvalue weighted by Crippen LogP contribution is 2.30. The molecule has 3 rings (SSSR count). The first kappa shape index (κ1) is 28.2. The maximum absolute atomic E-state index is 12.7. The van der Waals surface area contributed by atoms with Crippen LogP contribution in [-0.2, 0) is 16.0 Å². The van der Waals surface area contributed by atoms with Gasteiger partial charge in [-0.3, -0.25) is 0 Å². The van der Waals surface area contributed by atoms with Gasteiger partial charge in [0.05, 0.1) is 24.3 Å². The van der Waals surface area contributed by atoms with Crippen molar-refractivity contribution in [2.45, 2.75) is 40.0 Å². The van der Waals surface area contributed by atoms with Gasteiger partial charge in [-0.1, -0.05) is 25.6 Å². The van der Waals surface area contributed by atoms with Crippen molar-refractivity contribution in [2.75, 3.05) is 13.2 Å². The highest BCUT2D eigenvalue weighted by Gasteiger charge is 2.16. The van der Waals surface area contributed by atoms with Crippen LogP contribution >= 0.6 is 0 Å². The number of carbonyl (C=O) groups is 3. The minimum absolute atomic E-state index is 0.314. The predicted octanol–water partition coefficient (Wildman–Crippen LogP) is 6.19. The van der Waals surface area contributed by atoms with Gasteiger partial charge in [-0.25, -0.2) is 14.4 Å². The van der Waals surface area contributed by atoms with Gasteiger partial charge < -0.3 is 18.9 Å². The molecule has 0 aromatic heterocycles. The second-order valence-electron chi connectivity index (χ2n) is 8.59. The van der Waals surface area contributed by atoms with Crippen LogP contribution < -0.4 is 14.2 Å². The predicted molar refractivity (Wildman–Crippen MR) is 144 cm³/mol. The van der Waals surface area contributed by atoms with E-state index in [-0.39, 0.29) is 0 Å². The van der Waals surface area contributed by atoms with E-state index in [9.17, 15) is 14.4 Å². The lowest BCUT2D eigenvalue weighted by molar-refractivity contribution is -0.137. The fourth-order valence-corrected chi connectivity index (χ4v) is 3.50. The van der Waals surface area contributed by atoms with E-state index in [1.54, 1.807) is 55.5 Å². The van der Waals surface area contributed by atoms with E-state index in [1.807, 2.05) is 19.1 Å². The maximum Gasteiger partial charge on any atom is 0.343 e. The van der Waals surface area contributed by atoms with Crippen molar-refractivity contribution in [3.8, 4) is 17.2 Å². The highest BCUT2D eigenvalue weighted by molar-refractivity contribution is 5.92. The summed E-state index contributed by atoms with van der Waals surface area (Å²) in [6.45, 7) is 9.78. The molecular formula is C31H32O7. The van der Waals surface area contributed by atoms with Gasteiger partial charge in [-0.15, -0.1) is 0 Å². The van der Waals surface area contributed by atoms with Crippen LogP contribution in [0, 0.1) is 13.8 Å². The summed E-state index contributed by atoms with van der Waals surface area (Å²) in [7, 11) is 0. The number of unbranched alkanes of at least 4 members (excludes halogenated alkanes) is 1. The zero-order valence-corrected chi connectivity index (χ0v) is 22.0. The van der Waals surface area contributed by atoms with Gasteiger partial charge in [0.25, 0.3) is 0 Å². The second kappa shape index (κ2) is 13.8. The molecule has 0 N–H and O–H groups in total. The maximum atomic E-state index is 12.7. The molecule has 0 saturated carbocycles. The van der Waals surface area contributed by atoms with E-state index in [0.29, 0.717) is 65.6 Å². The van der Waals surface area contributed by atoms with E-state index >= 15 is 0 Å². The Morgan fingerprint density at radius 1 is 0.737 bits per heavy atom. The third-order valence-corrected chi connectivity index (χ3v) is 6.00. The first-order chi connectivity index (χ1) is 18.3. The number of aryl methyl sites for hydroxylation is 1. The number of hydrogen-bond donors (Lipinski definition) is 0. The average molecular weight is 517 g/mol. The van der Waals surface area contributed by atoms with E-state index in [0.717, 1.165) is 18.1 Å². The molecular weight excluding hydrogens is 484 g/mol. The molecule has 3 aromatic rings. The number of hydrogen-bond acceptors (Lipinski definition) is 7. The molecule has 7 nitrogen and oxygen atoms in total. The smallest absolute Gasteiger partial charge is 0.343 e. The van der Waals surface area contributed by atoms with Gasteiger partial charge >= 0.3 is 17.9 Å². The van der Waals surface area contributed by atoms with Crippen LogP contribution in [0.5, 0.6) is 17.2 Å². The van der Waals surface area contributed by atoms with E-state index in [2.05, 4.69) is 13.5 Å². The van der Waals surface area contributed by atoms with Gasteiger partial charge in [0.15, 0.2) is 0 Å². The van der Waals surface area contributed by atoms with Crippen LogP contribution in [0.15, 0.2) is 73.3 Å². The Kier molecular flexibility index (Phi) is 10.2. The van der Waals surface area contributed by atoms with Crippen molar-refractivity contribution in [3.05, 3.63) is 101 Å². The molecule has 198 valence electrons. The van der Waals surface area contributed by atoms with Crippen molar-refractivity contribution < 1.29 is 33.3 Å². The van der Waals surface area contributed by atoms with E-state index in [1.165, 1.54) is 0 Å². The van der Waals surface area contributed by atoms with Crippen LogP contribution in [0.3, 0.4) is 0 Å². The minimum Gasteiger partial charge on any atom is -0.494 e. The molecule has 0 aliphatic rings. The fourth-order valence-electron chi connectivity index (χ4n) is 3.50. The molecule has 0 radical (unpaired) electrons. The van der Waals surface area contributed by atoms with E-state index < -0.39 is 17.9 Å². The van der Waals surface area contributed by atoms with Gasteiger partial charge in [-0.2, -0.15) is 0 Å². The molecule has 0 heterocycles. The summed E-state index contributed by atoms with van der Waals surface area (Å²) in [5.41, 5.74) is 3.39. The fraction of sp³-hybridized carbons (Fsp3) is 0.258. The molecule has 38 heavy (non-hydrogen) atoms. The Balaban J connectivity index is 1.53. The molecule has 0 saturated heterocycles. The van der Waals surface area contributed by atoms with Crippen molar-refractivity contribution in [2.24, 2.45) is 0 Å². The monoisotopic (exact) mass is 516 g/mol. The molecule has 0 bridgehead atoms. The largest absolute Gasteiger partial charge is 0.494 e. The van der Waals surface area contributed by atoms with Crippen LogP contribution in [0.25, 0.3) is 0 Å². The summed E-state index contributed by atoms with van der Waals surface area (Å²) in [4.78, 5) is 36.3. The number of esters is 3. The van der Waals surface area contributed by atoms with Crippen molar-refractivity contribution in [3.63, 3.8) is 0 Å². The van der Waals surface area contributed by atoms with Gasteiger partial charge in [0.2, 0.25) is 0 Å². The normalized spacial score (nSPS) is 10.4. The van der Waals surface area contributed by atoms with Crippen molar-refractivity contribution >= 4 is 17.9 Å². The molecule has 7 heteroatoms. The van der Waals surface area contributed by atoms with Crippen molar-refractivity contribution in [1.29, 1.82) is 0 Å². The summed E-state index contributed by atoms with van der Waals surface area (Å²) in [5, 5.41) is 0. The first-order valence-corrected chi connectivity index (χ1v) is 12.5. The van der Waals surface area contributed by atoms with Crippen LogP contribution in [0.4, 0.5) is 0 Å². The molecule has 0 amide bonds. The number of ether oxygens (including phenoxy) is 4. The minimum atomic E-state index is -0.510. The summed E-state index contributed by atoms with van der Waals surface area (Å²) in [5.74, 6) is 0.0188. The molecule has 0 fully saturated rings. The van der Waals surface area contributed by atoms with Gasteiger partial charge in [-0.05, 0) is 98.3 Å². The van der Waals surface area contributed by atoms with Gasteiger partial charge in [0, 0.05) is 6.08 Å². The number of carbonyl (C=O) groups excluding carboxylic acids is 3. The molecule has 0 aliphatic carbocycles. The van der Waals surface area contributed by atoms with Gasteiger partial charge in [0.1, 0.15) is 17.2 Å². The standard InChI is InChI=1S/C31H32O7/c1-5-23-9-11-24(12-10-23)30(33)37-27-17-18-28(22(4)21(27)3)38-31(34)25-13-15-26(16-14-25)35-19-7-8-20-36-29(32)6-2/h6,9-18H,2,5,7-8,19-20H2,1,3-4H3. The third-order valence-electron chi connectivity index (χ3n) is 6.00. The second-order valence-corrected chi connectivity index (χ2v) is 8.59. The average Bonchev–Trinajstić information content (AvgIpc) is 2.94. The Morgan fingerprint density at radius 3 is 1.74 bits per heavy atom. The molecule has 0 atom stereocenters. The Bertz CT molecular complexity index is 1270. The number of benzene rings is 3. The summed E-state index contributed by atoms with van der Waals surface area (Å²) >= 11 is 0. The van der Waals surface area contributed by atoms with Crippen LogP contribution in [0.1, 0.15) is 57.2 Å². The SMILES string of the molecule is C=CC(=O)OCCCCOc1ccc(C(=O)Oc2ccc(OC(=O)c3ccc(CC)cc3)c(C)c2C)cc1. The Morgan fingerprint density at radius 2 is 1.24 bits per heavy atom. The zero-order valence-electron chi connectivity index (χ0n) is 22.0. The number of rotatable bonds is 12. The zero-order chi connectivity index (χ0) is 27.5. The van der Waals surface area contributed by atoms with Crippen molar-refractivity contribution in [1.82, 2.24) is 0 Å². The molecule has 3 aromatic carbocycles. The quantitative estimate of drug-likeness (QED) is 0.123. The topological polar surface area (TPSA) is 88.1 Å². The Hall–Kier alpha value is -4.39. The summed E-state index contributed by atoms with van der Waals surface area (Å²) < 4.78 is 21.8. The lowest BCUT2D eigenvalue weighted by atomic mass is 10.1. The highest BCUT2D eigenvalue weighted by atomic mass is 16.5. The molecule has 0 spiro atoms. The molecule has 0 unspecified atom stereocenters. The Labute approximate surface area is 223 Å². The molecule has 0 aliphatic heterocycles. The van der Waals surface area contributed by atoms with Crippen LogP contribution in [0.2, 0.25) is 0 Å². The first-order valence-electron chi connectivity index (χ1n) is 12.5. The lowest BCUT2D eigenvalue weighted by Gasteiger charge is -2.14.